The van der Waals surface area contributed by atoms with Crippen molar-refractivity contribution < 1.29 is 14.7 Å². The molecule has 0 spiro atoms. The van der Waals surface area contributed by atoms with Crippen molar-refractivity contribution in [3.05, 3.63) is 0 Å². The van der Waals surface area contributed by atoms with Gasteiger partial charge >= 0.3 is 5.97 Å². The van der Waals surface area contributed by atoms with Crippen molar-refractivity contribution in [2.24, 2.45) is 5.73 Å². The zero-order valence-electron chi connectivity index (χ0n) is 7.93. The second-order valence-corrected chi connectivity index (χ2v) is 5.89. The number of nitrogens with two attached hydrogens (primary N) is 1. The number of aliphatic carboxylic acids is 1. The van der Waals surface area contributed by atoms with Crippen molar-refractivity contribution in [1.82, 2.24) is 4.90 Å². The van der Waals surface area contributed by atoms with E-state index >= 15 is 0 Å². The van der Waals surface area contributed by atoms with Crippen LogP contribution in [0.5, 0.6) is 0 Å². The Morgan fingerprint density at radius 1 is 1.64 bits per heavy atom. The molecule has 5 nitrogen and oxygen atoms in total. The summed E-state index contributed by atoms with van der Waals surface area (Å²) in [5, 5.41) is 8.87. The lowest BCUT2D eigenvalue weighted by Gasteiger charge is -2.41. The molecule has 2 saturated heterocycles. The van der Waals surface area contributed by atoms with Gasteiger partial charge in [0.1, 0.15) is 17.5 Å². The number of hydrogen-bond donors (Lipinski definition) is 2. The van der Waals surface area contributed by atoms with Gasteiger partial charge in [0.25, 0.3) is 0 Å². The molecule has 2 unspecified atom stereocenters. The molecule has 1 amide bonds. The van der Waals surface area contributed by atoms with Gasteiger partial charge in [-0.3, -0.25) is 4.79 Å². The molecule has 2 rings (SSSR count). The van der Waals surface area contributed by atoms with Crippen molar-refractivity contribution in [2.75, 3.05) is 0 Å². The first kappa shape index (κ1) is 9.79. The Morgan fingerprint density at radius 3 is 2.71 bits per heavy atom. The van der Waals surface area contributed by atoms with Gasteiger partial charge in [0.2, 0.25) is 5.91 Å². The standard InChI is InChI=1S/C8H12N2O3S/c1-8(2)4(7(12)13)10-5(11)3(9)6(10)14-8/h3-4,6H,9H2,1-2H3,(H,12,13)/t3?,4-,6?/m0/s1. The molecule has 0 bridgehead atoms. The second kappa shape index (κ2) is 2.64. The zero-order valence-corrected chi connectivity index (χ0v) is 8.75. The maximum Gasteiger partial charge on any atom is 0.327 e. The molecule has 0 aromatic heterocycles. The molecule has 2 heterocycles. The molecule has 2 aliphatic rings. The Kier molecular flexibility index (Phi) is 1.84. The lowest BCUT2D eigenvalue weighted by atomic mass is 9.96. The number of fused-ring (bicyclic) bond motifs is 1. The Morgan fingerprint density at radius 2 is 2.21 bits per heavy atom. The SMILES string of the molecule is CC1(C)SC2C(N)C(=O)N2[C@H]1C(=O)O. The van der Waals surface area contributed by atoms with Crippen molar-refractivity contribution in [2.45, 2.75) is 36.1 Å². The van der Waals surface area contributed by atoms with Crippen molar-refractivity contribution in [3.63, 3.8) is 0 Å². The van der Waals surface area contributed by atoms with Crippen LogP contribution in [-0.2, 0) is 9.59 Å². The second-order valence-electron chi connectivity index (χ2n) is 4.12. The first-order chi connectivity index (χ1) is 6.36. The third-order valence-electron chi connectivity index (χ3n) is 2.72. The number of rotatable bonds is 1. The van der Waals surface area contributed by atoms with Crippen LogP contribution < -0.4 is 5.73 Å². The summed E-state index contributed by atoms with van der Waals surface area (Å²) in [6.45, 7) is 3.66. The molecular formula is C8H12N2O3S. The summed E-state index contributed by atoms with van der Waals surface area (Å²) in [7, 11) is 0. The quantitative estimate of drug-likeness (QED) is 0.575. The van der Waals surface area contributed by atoms with E-state index in [1.807, 2.05) is 13.8 Å². The Bertz CT molecular complexity index is 318. The van der Waals surface area contributed by atoms with E-state index in [1.165, 1.54) is 16.7 Å². The number of nitrogens with zero attached hydrogens (tertiary/aromatic N) is 1. The van der Waals surface area contributed by atoms with Crippen LogP contribution in [0.1, 0.15) is 13.8 Å². The number of thioether (sulfide) groups is 1. The van der Waals surface area contributed by atoms with Crippen LogP contribution >= 0.6 is 11.8 Å². The van der Waals surface area contributed by atoms with Crippen molar-refractivity contribution >= 4 is 23.6 Å². The molecule has 0 aromatic carbocycles. The average Bonchev–Trinajstić information content (AvgIpc) is 2.34. The van der Waals surface area contributed by atoms with Crippen LogP contribution in [0.2, 0.25) is 0 Å². The summed E-state index contributed by atoms with van der Waals surface area (Å²) in [4.78, 5) is 23.8. The fraction of sp³-hybridized carbons (Fsp3) is 0.750. The highest BCUT2D eigenvalue weighted by Gasteiger charge is 2.62. The summed E-state index contributed by atoms with van der Waals surface area (Å²) >= 11 is 1.47. The first-order valence-corrected chi connectivity index (χ1v) is 5.22. The Labute approximate surface area is 85.6 Å². The normalized spacial score (nSPS) is 39.2. The lowest BCUT2D eigenvalue weighted by Crippen LogP contribution is -2.68. The molecule has 0 aromatic rings. The largest absolute Gasteiger partial charge is 0.480 e. The topological polar surface area (TPSA) is 83.6 Å². The molecule has 14 heavy (non-hydrogen) atoms. The number of carboxylic acids is 1. The number of carbonyl (C=O) groups is 2. The number of β-lactam (4-membered cyclic amide) rings is 1. The van der Waals surface area contributed by atoms with Gasteiger partial charge in [-0.2, -0.15) is 0 Å². The summed E-state index contributed by atoms with van der Waals surface area (Å²) in [6.07, 6.45) is 0. The fourth-order valence-electron chi connectivity index (χ4n) is 2.04. The molecule has 0 saturated carbocycles. The first-order valence-electron chi connectivity index (χ1n) is 4.34. The van der Waals surface area contributed by atoms with Gasteiger partial charge in [0.15, 0.2) is 0 Å². The predicted molar refractivity (Wildman–Crippen MR) is 51.7 cm³/mol. The van der Waals surface area contributed by atoms with Crippen molar-refractivity contribution in [1.29, 1.82) is 0 Å². The molecular weight excluding hydrogens is 204 g/mol. The number of amides is 1. The highest BCUT2D eigenvalue weighted by Crippen LogP contribution is 2.50. The van der Waals surface area contributed by atoms with E-state index < -0.39 is 22.8 Å². The summed E-state index contributed by atoms with van der Waals surface area (Å²) in [6, 6.07) is -1.27. The van der Waals surface area contributed by atoms with E-state index in [4.69, 9.17) is 10.8 Å². The van der Waals surface area contributed by atoms with E-state index in [0.717, 1.165) is 0 Å². The van der Waals surface area contributed by atoms with Crippen LogP contribution in [0, 0.1) is 0 Å². The molecule has 3 N–H and O–H groups in total. The van der Waals surface area contributed by atoms with Gasteiger partial charge in [-0.1, -0.05) is 0 Å². The molecule has 0 aliphatic carbocycles. The van der Waals surface area contributed by atoms with Crippen LogP contribution in [0.25, 0.3) is 0 Å². The van der Waals surface area contributed by atoms with Crippen LogP contribution in [0.3, 0.4) is 0 Å². The highest BCUT2D eigenvalue weighted by molar-refractivity contribution is 8.01. The van der Waals surface area contributed by atoms with E-state index in [-0.39, 0.29) is 11.3 Å². The third-order valence-corrected chi connectivity index (χ3v) is 4.31. The van der Waals surface area contributed by atoms with Gasteiger partial charge in [0.05, 0.1) is 0 Å². The van der Waals surface area contributed by atoms with E-state index in [2.05, 4.69) is 0 Å². The van der Waals surface area contributed by atoms with Crippen molar-refractivity contribution in [3.8, 4) is 0 Å². The van der Waals surface area contributed by atoms with Gasteiger partial charge in [-0.25, -0.2) is 4.79 Å². The van der Waals surface area contributed by atoms with Gasteiger partial charge in [-0.05, 0) is 13.8 Å². The predicted octanol–water partition coefficient (Wildman–Crippen LogP) is -0.539. The Balaban J connectivity index is 2.32. The smallest absolute Gasteiger partial charge is 0.327 e. The fourth-order valence-corrected chi connectivity index (χ4v) is 3.61. The minimum atomic E-state index is -0.953. The van der Waals surface area contributed by atoms with Gasteiger partial charge in [-0.15, -0.1) is 11.8 Å². The van der Waals surface area contributed by atoms with Gasteiger partial charge < -0.3 is 15.7 Å². The minimum absolute atomic E-state index is 0.154. The van der Waals surface area contributed by atoms with E-state index in [0.29, 0.717) is 0 Å². The van der Waals surface area contributed by atoms with Crippen LogP contribution in [-0.4, -0.2) is 44.1 Å². The monoisotopic (exact) mass is 216 g/mol. The van der Waals surface area contributed by atoms with Crippen LogP contribution in [0.4, 0.5) is 0 Å². The summed E-state index contributed by atoms with van der Waals surface area (Å²) in [5.74, 6) is -1.20. The molecule has 0 radical (unpaired) electrons. The molecule has 6 heteroatoms. The third kappa shape index (κ3) is 1.01. The summed E-state index contributed by atoms with van der Waals surface area (Å²) in [5.41, 5.74) is 5.59. The molecule has 78 valence electrons. The number of carbonyl (C=O) groups excluding carboxylic acids is 1. The highest BCUT2D eigenvalue weighted by atomic mass is 32.2. The Hall–Kier alpha value is -0.750. The van der Waals surface area contributed by atoms with E-state index in [9.17, 15) is 9.59 Å². The minimum Gasteiger partial charge on any atom is -0.480 e. The maximum atomic E-state index is 11.4. The van der Waals surface area contributed by atoms with Crippen LogP contribution in [0.15, 0.2) is 0 Å². The number of hydrogen-bond acceptors (Lipinski definition) is 4. The molecule has 3 atom stereocenters. The van der Waals surface area contributed by atoms with Gasteiger partial charge in [0, 0.05) is 4.75 Å². The average molecular weight is 216 g/mol. The number of carboxylic acid groups (broad SMARTS) is 1. The summed E-state index contributed by atoms with van der Waals surface area (Å²) < 4.78 is -0.458. The zero-order chi connectivity index (χ0) is 10.7. The maximum absolute atomic E-state index is 11.4. The lowest BCUT2D eigenvalue weighted by molar-refractivity contribution is -0.159. The van der Waals surface area contributed by atoms with E-state index in [1.54, 1.807) is 0 Å². The molecule has 2 fully saturated rings. The molecule has 2 aliphatic heterocycles.